The highest BCUT2D eigenvalue weighted by molar-refractivity contribution is 6.30. The van der Waals surface area contributed by atoms with E-state index in [1.165, 1.54) is 31.4 Å². The van der Waals surface area contributed by atoms with E-state index in [2.05, 4.69) is 11.8 Å². The normalized spacial score (nSPS) is 17.5. The molecule has 0 aliphatic carbocycles. The zero-order valence-corrected chi connectivity index (χ0v) is 18.4. The molecule has 2 aromatic carbocycles. The third-order valence-corrected chi connectivity index (χ3v) is 6.08. The molecule has 1 amide bonds. The number of alkyl halides is 3. The van der Waals surface area contributed by atoms with E-state index in [0.717, 1.165) is 37.2 Å². The molecule has 0 aromatic heterocycles. The summed E-state index contributed by atoms with van der Waals surface area (Å²) < 4.78 is 39.4. The van der Waals surface area contributed by atoms with Crippen LogP contribution < -0.4 is 0 Å². The third-order valence-electron chi connectivity index (χ3n) is 5.82. The van der Waals surface area contributed by atoms with Gasteiger partial charge in [-0.25, -0.2) is 0 Å². The molecule has 1 atom stereocenters. The van der Waals surface area contributed by atoms with Gasteiger partial charge in [-0.05, 0) is 68.6 Å². The van der Waals surface area contributed by atoms with Gasteiger partial charge in [-0.15, -0.1) is 0 Å². The van der Waals surface area contributed by atoms with Crippen molar-refractivity contribution >= 4 is 17.5 Å². The van der Waals surface area contributed by atoms with Gasteiger partial charge in [0.25, 0.3) is 5.91 Å². The van der Waals surface area contributed by atoms with Crippen LogP contribution in [-0.2, 0) is 12.7 Å². The maximum absolute atomic E-state index is 13.2. The Morgan fingerprint density at radius 2 is 1.90 bits per heavy atom. The van der Waals surface area contributed by atoms with Crippen molar-refractivity contribution in [2.75, 3.05) is 19.6 Å². The van der Waals surface area contributed by atoms with E-state index in [9.17, 15) is 18.0 Å². The van der Waals surface area contributed by atoms with Gasteiger partial charge in [0, 0.05) is 36.3 Å². The zero-order valence-electron chi connectivity index (χ0n) is 17.7. The fourth-order valence-electron chi connectivity index (χ4n) is 4.03. The molecule has 1 unspecified atom stereocenters. The first-order chi connectivity index (χ1) is 14.7. The summed E-state index contributed by atoms with van der Waals surface area (Å²) in [5.74, 6) is -0.396. The quantitative estimate of drug-likeness (QED) is 0.494. The van der Waals surface area contributed by atoms with Crippen LogP contribution >= 0.6 is 11.6 Å². The number of hydrogen-bond acceptors (Lipinski definition) is 2. The van der Waals surface area contributed by atoms with Crippen LogP contribution in [-0.4, -0.2) is 41.4 Å². The molecule has 0 N–H and O–H groups in total. The molecule has 1 fully saturated rings. The van der Waals surface area contributed by atoms with Crippen LogP contribution in [0.25, 0.3) is 0 Å². The number of likely N-dealkylation sites (tertiary alicyclic amines) is 1. The number of rotatable bonds is 7. The topological polar surface area (TPSA) is 23.6 Å². The van der Waals surface area contributed by atoms with Crippen molar-refractivity contribution in [3.8, 4) is 0 Å². The number of nitrogens with zero attached hydrogens (tertiary/aromatic N) is 2. The van der Waals surface area contributed by atoms with Gasteiger partial charge in [-0.3, -0.25) is 4.79 Å². The van der Waals surface area contributed by atoms with Crippen molar-refractivity contribution in [3.63, 3.8) is 0 Å². The molecule has 3 nitrogen and oxygen atoms in total. The molecule has 0 bridgehead atoms. The molecular weight excluding hydrogens is 425 g/mol. The first-order valence-corrected chi connectivity index (χ1v) is 11.1. The molecule has 0 radical (unpaired) electrons. The Hall–Kier alpha value is -2.05. The Morgan fingerprint density at radius 3 is 2.58 bits per heavy atom. The third kappa shape index (κ3) is 6.71. The molecule has 0 saturated carbocycles. The zero-order chi connectivity index (χ0) is 22.4. The number of carbonyl (C=O) groups excluding carboxylic acids is 1. The van der Waals surface area contributed by atoms with E-state index in [4.69, 9.17) is 11.6 Å². The molecule has 7 heteroatoms. The SMILES string of the molecule is CC1CCCCN1CCCN(Cc1ccc(Cl)cc1)C(=O)c1cccc(C(F)(F)F)c1. The van der Waals surface area contributed by atoms with Crippen LogP contribution in [0.3, 0.4) is 0 Å². The van der Waals surface area contributed by atoms with E-state index in [1.807, 2.05) is 12.1 Å². The van der Waals surface area contributed by atoms with Gasteiger partial charge in [-0.2, -0.15) is 13.2 Å². The predicted octanol–water partition coefficient (Wildman–Crippen LogP) is 6.27. The van der Waals surface area contributed by atoms with Crippen molar-refractivity contribution < 1.29 is 18.0 Å². The second-order valence-electron chi connectivity index (χ2n) is 8.17. The summed E-state index contributed by atoms with van der Waals surface area (Å²) in [5, 5.41) is 0.596. The fraction of sp³-hybridized carbons (Fsp3) is 0.458. The number of carbonyl (C=O) groups is 1. The summed E-state index contributed by atoms with van der Waals surface area (Å²) >= 11 is 5.96. The van der Waals surface area contributed by atoms with Gasteiger partial charge in [0.2, 0.25) is 0 Å². The number of amides is 1. The van der Waals surface area contributed by atoms with Gasteiger partial charge >= 0.3 is 6.18 Å². The lowest BCUT2D eigenvalue weighted by Gasteiger charge is -2.34. The monoisotopic (exact) mass is 452 g/mol. The van der Waals surface area contributed by atoms with Crippen LogP contribution in [0, 0.1) is 0 Å². The van der Waals surface area contributed by atoms with Gasteiger partial charge in [-0.1, -0.05) is 36.2 Å². The van der Waals surface area contributed by atoms with Gasteiger partial charge in [0.1, 0.15) is 0 Å². The van der Waals surface area contributed by atoms with Gasteiger partial charge < -0.3 is 9.80 Å². The number of piperidine rings is 1. The fourth-order valence-corrected chi connectivity index (χ4v) is 4.15. The van der Waals surface area contributed by atoms with Crippen molar-refractivity contribution in [1.29, 1.82) is 0 Å². The standard InChI is InChI=1S/C24H28ClF3N2O/c1-18-6-2-3-13-29(18)14-5-15-30(17-19-9-11-22(25)12-10-19)23(31)20-7-4-8-21(16-20)24(26,27)28/h4,7-12,16,18H,2-3,5-6,13-15,17H2,1H3. The van der Waals surface area contributed by atoms with E-state index in [1.54, 1.807) is 17.0 Å². The van der Waals surface area contributed by atoms with E-state index in [0.29, 0.717) is 24.2 Å². The maximum atomic E-state index is 13.2. The Labute approximate surface area is 186 Å². The van der Waals surface area contributed by atoms with Crippen LogP contribution in [0.1, 0.15) is 54.1 Å². The molecule has 1 heterocycles. The van der Waals surface area contributed by atoms with Gasteiger partial charge in [0.15, 0.2) is 0 Å². The smallest absolute Gasteiger partial charge is 0.334 e. The lowest BCUT2D eigenvalue weighted by Crippen LogP contribution is -2.40. The Morgan fingerprint density at radius 1 is 1.16 bits per heavy atom. The van der Waals surface area contributed by atoms with Crippen molar-refractivity contribution in [2.24, 2.45) is 0 Å². The molecule has 0 spiro atoms. The number of benzene rings is 2. The molecule has 3 rings (SSSR count). The second kappa shape index (κ2) is 10.5. The average Bonchev–Trinajstić information content (AvgIpc) is 2.75. The minimum Gasteiger partial charge on any atom is -0.334 e. The minimum atomic E-state index is -4.48. The summed E-state index contributed by atoms with van der Waals surface area (Å²) in [7, 11) is 0. The summed E-state index contributed by atoms with van der Waals surface area (Å²) in [5.41, 5.74) is 0.123. The summed E-state index contributed by atoms with van der Waals surface area (Å²) in [6.07, 6.45) is -0.113. The highest BCUT2D eigenvalue weighted by Gasteiger charge is 2.31. The Balaban J connectivity index is 1.74. The first-order valence-electron chi connectivity index (χ1n) is 10.7. The van der Waals surface area contributed by atoms with Crippen molar-refractivity contribution in [3.05, 3.63) is 70.2 Å². The molecule has 1 saturated heterocycles. The maximum Gasteiger partial charge on any atom is 0.416 e. The van der Waals surface area contributed by atoms with Crippen molar-refractivity contribution in [1.82, 2.24) is 9.80 Å². The highest BCUT2D eigenvalue weighted by atomic mass is 35.5. The van der Waals surface area contributed by atoms with E-state index >= 15 is 0 Å². The Kier molecular flexibility index (Phi) is 8.00. The molecule has 168 valence electrons. The molecule has 31 heavy (non-hydrogen) atoms. The number of halogens is 4. The Bertz CT molecular complexity index is 870. The lowest BCUT2D eigenvalue weighted by atomic mass is 10.0. The minimum absolute atomic E-state index is 0.0510. The highest BCUT2D eigenvalue weighted by Crippen LogP contribution is 2.30. The molecular formula is C24H28ClF3N2O. The average molecular weight is 453 g/mol. The van der Waals surface area contributed by atoms with Crippen LogP contribution in [0.5, 0.6) is 0 Å². The van der Waals surface area contributed by atoms with E-state index < -0.39 is 17.6 Å². The number of hydrogen-bond donors (Lipinski definition) is 0. The predicted molar refractivity (Wildman–Crippen MR) is 117 cm³/mol. The summed E-state index contributed by atoms with van der Waals surface area (Å²) in [4.78, 5) is 17.2. The van der Waals surface area contributed by atoms with Gasteiger partial charge in [0.05, 0.1) is 5.56 Å². The second-order valence-corrected chi connectivity index (χ2v) is 8.60. The molecule has 1 aliphatic rings. The van der Waals surface area contributed by atoms with Crippen molar-refractivity contribution in [2.45, 2.75) is 51.4 Å². The lowest BCUT2D eigenvalue weighted by molar-refractivity contribution is -0.137. The van der Waals surface area contributed by atoms with Crippen LogP contribution in [0.2, 0.25) is 5.02 Å². The largest absolute Gasteiger partial charge is 0.416 e. The molecule has 1 aliphatic heterocycles. The van der Waals surface area contributed by atoms with Crippen LogP contribution in [0.15, 0.2) is 48.5 Å². The summed E-state index contributed by atoms with van der Waals surface area (Å²) in [6, 6.07) is 12.3. The summed E-state index contributed by atoms with van der Waals surface area (Å²) in [6.45, 7) is 4.94. The molecule has 2 aromatic rings. The van der Waals surface area contributed by atoms with E-state index in [-0.39, 0.29) is 5.56 Å². The van der Waals surface area contributed by atoms with Crippen LogP contribution in [0.4, 0.5) is 13.2 Å². The first kappa shape index (κ1) is 23.6.